The lowest BCUT2D eigenvalue weighted by Gasteiger charge is -2.18. The van der Waals surface area contributed by atoms with E-state index >= 15 is 0 Å². The van der Waals surface area contributed by atoms with Crippen LogP contribution in [0.2, 0.25) is 0 Å². The Morgan fingerprint density at radius 1 is 1.04 bits per heavy atom. The van der Waals surface area contributed by atoms with E-state index in [1.807, 2.05) is 49.4 Å². The average Bonchev–Trinajstić information content (AvgIpc) is 2.70. The van der Waals surface area contributed by atoms with Crippen LogP contribution in [0.5, 0.6) is 0 Å². The molecule has 2 aromatic rings. The first kappa shape index (κ1) is 19.9. The Labute approximate surface area is 156 Å². The fraction of sp³-hybridized carbons (Fsp3) is 0.381. The molecule has 0 amide bonds. The Balaban J connectivity index is 1.90. The summed E-state index contributed by atoms with van der Waals surface area (Å²) in [5, 5.41) is 16.3. The highest BCUT2D eigenvalue weighted by Crippen LogP contribution is 2.13. The first-order chi connectivity index (χ1) is 12.8. The summed E-state index contributed by atoms with van der Waals surface area (Å²) in [5.74, 6) is 0.741. The molecule has 3 N–H and O–H groups in total. The maximum Gasteiger partial charge on any atom is 0.191 e. The number of ether oxygens (including phenoxy) is 1. The summed E-state index contributed by atoms with van der Waals surface area (Å²) in [7, 11) is 1.75. The van der Waals surface area contributed by atoms with E-state index in [9.17, 15) is 5.11 Å². The van der Waals surface area contributed by atoms with Crippen molar-refractivity contribution in [1.29, 1.82) is 0 Å². The minimum absolute atomic E-state index is 0.0278. The first-order valence-electron chi connectivity index (χ1n) is 9.03. The molecule has 0 aliphatic heterocycles. The fourth-order valence-electron chi connectivity index (χ4n) is 2.72. The molecule has 0 aliphatic rings. The Morgan fingerprint density at radius 3 is 2.38 bits per heavy atom. The number of aliphatic hydroxyl groups excluding tert-OH is 1. The Hall–Kier alpha value is -2.37. The van der Waals surface area contributed by atoms with Crippen LogP contribution in [0.25, 0.3) is 0 Å². The van der Waals surface area contributed by atoms with Gasteiger partial charge in [0, 0.05) is 32.7 Å². The van der Waals surface area contributed by atoms with E-state index in [4.69, 9.17) is 4.74 Å². The molecule has 26 heavy (non-hydrogen) atoms. The summed E-state index contributed by atoms with van der Waals surface area (Å²) < 4.78 is 5.53. The third kappa shape index (κ3) is 6.17. The van der Waals surface area contributed by atoms with E-state index in [0.717, 1.165) is 5.56 Å². The Bertz CT molecular complexity index is 674. The zero-order valence-corrected chi connectivity index (χ0v) is 15.6. The summed E-state index contributed by atoms with van der Waals surface area (Å²) >= 11 is 0. The standard InChI is InChI=1S/C21H29N3O2/c1-3-26-16-19-12-8-7-11-18(19)13-23-21(22-2)24-14-20(15-25)17-9-5-4-6-10-17/h4-12,20,25H,3,13-16H2,1-2H3,(H2,22,23,24). The van der Waals surface area contributed by atoms with Crippen LogP contribution in [0.15, 0.2) is 59.6 Å². The van der Waals surface area contributed by atoms with Crippen LogP contribution in [-0.2, 0) is 17.9 Å². The largest absolute Gasteiger partial charge is 0.396 e. The SMILES string of the molecule is CCOCc1ccccc1CNC(=NC)NCC(CO)c1ccccc1. The van der Waals surface area contributed by atoms with Crippen molar-refractivity contribution in [3.05, 3.63) is 71.3 Å². The van der Waals surface area contributed by atoms with Gasteiger partial charge in [0.2, 0.25) is 0 Å². The van der Waals surface area contributed by atoms with Crippen LogP contribution in [-0.4, -0.2) is 37.9 Å². The third-order valence-electron chi connectivity index (χ3n) is 4.26. The van der Waals surface area contributed by atoms with Crippen molar-refractivity contribution in [1.82, 2.24) is 10.6 Å². The maximum absolute atomic E-state index is 9.68. The van der Waals surface area contributed by atoms with Crippen LogP contribution < -0.4 is 10.6 Å². The molecule has 1 atom stereocenters. The van der Waals surface area contributed by atoms with Gasteiger partial charge in [-0.3, -0.25) is 4.99 Å². The summed E-state index contributed by atoms with van der Waals surface area (Å²) in [6.07, 6.45) is 0. The number of benzene rings is 2. The quantitative estimate of drug-likeness (QED) is 0.478. The molecular formula is C21H29N3O2. The molecule has 0 aliphatic carbocycles. The molecule has 5 nitrogen and oxygen atoms in total. The van der Waals surface area contributed by atoms with Gasteiger partial charge in [-0.05, 0) is 23.6 Å². The van der Waals surface area contributed by atoms with Gasteiger partial charge in [-0.25, -0.2) is 0 Å². The summed E-state index contributed by atoms with van der Waals surface area (Å²) in [6.45, 7) is 4.68. The van der Waals surface area contributed by atoms with Gasteiger partial charge in [0.1, 0.15) is 0 Å². The molecule has 0 saturated heterocycles. The van der Waals surface area contributed by atoms with Gasteiger partial charge >= 0.3 is 0 Å². The smallest absolute Gasteiger partial charge is 0.191 e. The highest BCUT2D eigenvalue weighted by Gasteiger charge is 2.11. The van der Waals surface area contributed by atoms with Crippen molar-refractivity contribution in [2.75, 3.05) is 26.8 Å². The summed E-state index contributed by atoms with van der Waals surface area (Å²) in [6, 6.07) is 18.2. The van der Waals surface area contributed by atoms with Crippen molar-refractivity contribution in [3.8, 4) is 0 Å². The minimum atomic E-state index is 0.0278. The molecule has 0 fully saturated rings. The van der Waals surface area contributed by atoms with Crippen molar-refractivity contribution >= 4 is 5.96 Å². The first-order valence-corrected chi connectivity index (χ1v) is 9.03. The monoisotopic (exact) mass is 355 g/mol. The Kier molecular flexibility index (Phi) is 8.66. The van der Waals surface area contributed by atoms with Gasteiger partial charge in [-0.15, -0.1) is 0 Å². The van der Waals surface area contributed by atoms with Crippen molar-refractivity contribution in [3.63, 3.8) is 0 Å². The van der Waals surface area contributed by atoms with Crippen LogP contribution in [0, 0.1) is 0 Å². The molecule has 2 aromatic carbocycles. The number of hydrogen-bond donors (Lipinski definition) is 3. The molecule has 0 bridgehead atoms. The van der Waals surface area contributed by atoms with Crippen molar-refractivity contribution in [2.24, 2.45) is 4.99 Å². The van der Waals surface area contributed by atoms with Crippen LogP contribution >= 0.6 is 0 Å². The molecule has 0 spiro atoms. The molecule has 0 aromatic heterocycles. The molecule has 0 heterocycles. The van der Waals surface area contributed by atoms with Crippen molar-refractivity contribution in [2.45, 2.75) is 26.0 Å². The van der Waals surface area contributed by atoms with Gasteiger partial charge < -0.3 is 20.5 Å². The predicted molar refractivity (Wildman–Crippen MR) is 106 cm³/mol. The van der Waals surface area contributed by atoms with Crippen molar-refractivity contribution < 1.29 is 9.84 Å². The van der Waals surface area contributed by atoms with E-state index in [2.05, 4.69) is 27.8 Å². The number of guanidine groups is 1. The zero-order valence-electron chi connectivity index (χ0n) is 15.6. The third-order valence-corrected chi connectivity index (χ3v) is 4.26. The number of nitrogens with one attached hydrogen (secondary N) is 2. The van der Waals surface area contributed by atoms with Crippen LogP contribution in [0.1, 0.15) is 29.5 Å². The minimum Gasteiger partial charge on any atom is -0.396 e. The molecule has 0 saturated carbocycles. The van der Waals surface area contributed by atoms with Gasteiger partial charge in [0.05, 0.1) is 13.2 Å². The fourth-order valence-corrected chi connectivity index (χ4v) is 2.72. The topological polar surface area (TPSA) is 65.9 Å². The second-order valence-corrected chi connectivity index (χ2v) is 6.00. The average molecular weight is 355 g/mol. The van der Waals surface area contributed by atoms with Gasteiger partial charge in [0.15, 0.2) is 5.96 Å². The predicted octanol–water partition coefficient (Wildman–Crippen LogP) is 2.66. The van der Waals surface area contributed by atoms with Gasteiger partial charge in [0.25, 0.3) is 0 Å². The number of hydrogen-bond acceptors (Lipinski definition) is 3. The summed E-state index contributed by atoms with van der Waals surface area (Å²) in [4.78, 5) is 4.28. The van der Waals surface area contributed by atoms with Crippen LogP contribution in [0.4, 0.5) is 0 Å². The van der Waals surface area contributed by atoms with Gasteiger partial charge in [-0.1, -0.05) is 54.6 Å². The number of aliphatic imine (C=N–C) groups is 1. The number of nitrogens with zero attached hydrogens (tertiary/aromatic N) is 1. The second kappa shape index (κ2) is 11.3. The van der Waals surface area contributed by atoms with E-state index in [1.165, 1.54) is 11.1 Å². The van der Waals surface area contributed by atoms with E-state index in [-0.39, 0.29) is 12.5 Å². The Morgan fingerprint density at radius 2 is 1.73 bits per heavy atom. The highest BCUT2D eigenvalue weighted by molar-refractivity contribution is 5.79. The lowest BCUT2D eigenvalue weighted by molar-refractivity contribution is 0.133. The maximum atomic E-state index is 9.68. The molecule has 0 radical (unpaired) electrons. The molecule has 1 unspecified atom stereocenters. The molecule has 2 rings (SSSR count). The highest BCUT2D eigenvalue weighted by atomic mass is 16.5. The van der Waals surface area contributed by atoms with Crippen LogP contribution in [0.3, 0.4) is 0 Å². The molecule has 5 heteroatoms. The zero-order chi connectivity index (χ0) is 18.6. The van der Waals surface area contributed by atoms with E-state index in [0.29, 0.717) is 32.3 Å². The lowest BCUT2D eigenvalue weighted by atomic mass is 10.0. The van der Waals surface area contributed by atoms with E-state index in [1.54, 1.807) is 7.05 Å². The van der Waals surface area contributed by atoms with Gasteiger partial charge in [-0.2, -0.15) is 0 Å². The number of rotatable bonds is 9. The summed E-state index contributed by atoms with van der Waals surface area (Å²) in [5.41, 5.74) is 3.47. The molecular weight excluding hydrogens is 326 g/mol. The van der Waals surface area contributed by atoms with E-state index < -0.39 is 0 Å². The second-order valence-electron chi connectivity index (χ2n) is 6.00. The number of aliphatic hydroxyl groups is 1. The normalized spacial score (nSPS) is 12.7. The lowest BCUT2D eigenvalue weighted by Crippen LogP contribution is -2.39. The molecule has 140 valence electrons.